The number of hydrogen-bond acceptors (Lipinski definition) is 4. The van der Waals surface area contributed by atoms with Crippen LogP contribution in [-0.4, -0.2) is 43.8 Å². The molecule has 3 aromatic carbocycles. The van der Waals surface area contributed by atoms with Gasteiger partial charge >= 0.3 is 0 Å². The van der Waals surface area contributed by atoms with Crippen molar-refractivity contribution < 1.29 is 18.0 Å². The quantitative estimate of drug-likeness (QED) is 0.331. The highest BCUT2D eigenvalue weighted by Crippen LogP contribution is 2.26. The first kappa shape index (κ1) is 28.9. The second-order valence-corrected chi connectivity index (χ2v) is 12.3. The smallest absolute Gasteiger partial charge is 0.264 e. The first-order valence-electron chi connectivity index (χ1n) is 12.8. The molecule has 1 unspecified atom stereocenters. The Labute approximate surface area is 239 Å². The van der Waals surface area contributed by atoms with Gasteiger partial charge in [-0.25, -0.2) is 8.42 Å². The Morgan fingerprint density at radius 2 is 1.54 bits per heavy atom. The lowest BCUT2D eigenvalue weighted by molar-refractivity contribution is -0.139. The van der Waals surface area contributed by atoms with Crippen molar-refractivity contribution in [2.75, 3.05) is 10.8 Å². The van der Waals surface area contributed by atoms with E-state index in [4.69, 9.17) is 23.2 Å². The van der Waals surface area contributed by atoms with Crippen molar-refractivity contribution >= 4 is 50.7 Å². The number of benzene rings is 3. The van der Waals surface area contributed by atoms with Crippen molar-refractivity contribution in [3.63, 3.8) is 0 Å². The van der Waals surface area contributed by atoms with Crippen LogP contribution >= 0.6 is 23.2 Å². The van der Waals surface area contributed by atoms with Gasteiger partial charge in [-0.1, -0.05) is 72.4 Å². The second kappa shape index (κ2) is 12.9. The van der Waals surface area contributed by atoms with E-state index < -0.39 is 28.5 Å². The number of amides is 2. The lowest BCUT2D eigenvalue weighted by Crippen LogP contribution is -2.52. The summed E-state index contributed by atoms with van der Waals surface area (Å²) in [5.74, 6) is -0.820. The molecule has 0 aliphatic heterocycles. The molecule has 0 radical (unpaired) electrons. The lowest BCUT2D eigenvalue weighted by atomic mass is 10.1. The summed E-state index contributed by atoms with van der Waals surface area (Å²) in [7, 11) is -4.14. The van der Waals surface area contributed by atoms with Gasteiger partial charge in [0.1, 0.15) is 12.6 Å². The number of anilines is 1. The molecule has 0 heterocycles. The van der Waals surface area contributed by atoms with Gasteiger partial charge in [-0.05, 0) is 67.8 Å². The van der Waals surface area contributed by atoms with Crippen LogP contribution in [0.25, 0.3) is 0 Å². The standard InChI is InChI=1S/C29H31Cl2N3O4S/c1-21(29(36)32-24-10-6-7-11-24)33(19-22-9-5-8-14-27(22)31)28(35)20-34(25-12-3-2-4-13-25)39(37,38)26-17-15-23(30)16-18-26/h2-5,8-9,12-18,21,24H,6-7,10-11,19-20H2,1H3,(H,32,36). The number of para-hydroxylation sites is 1. The highest BCUT2D eigenvalue weighted by atomic mass is 35.5. The Balaban J connectivity index is 1.67. The van der Waals surface area contributed by atoms with Gasteiger partial charge in [-0.2, -0.15) is 0 Å². The lowest BCUT2D eigenvalue weighted by Gasteiger charge is -2.32. The number of carbonyl (C=O) groups is 2. The Hall–Kier alpha value is -3.07. The second-order valence-electron chi connectivity index (χ2n) is 9.58. The van der Waals surface area contributed by atoms with Gasteiger partial charge < -0.3 is 10.2 Å². The maximum absolute atomic E-state index is 13.9. The number of nitrogens with one attached hydrogen (secondary N) is 1. The van der Waals surface area contributed by atoms with E-state index in [9.17, 15) is 18.0 Å². The zero-order valence-electron chi connectivity index (χ0n) is 21.6. The zero-order chi connectivity index (χ0) is 28.0. The summed E-state index contributed by atoms with van der Waals surface area (Å²) in [6.45, 7) is 1.18. The Morgan fingerprint density at radius 3 is 2.18 bits per heavy atom. The van der Waals surface area contributed by atoms with Crippen LogP contribution in [0.15, 0.2) is 83.8 Å². The van der Waals surface area contributed by atoms with Crippen molar-refractivity contribution in [2.24, 2.45) is 0 Å². The third-order valence-electron chi connectivity index (χ3n) is 6.89. The molecule has 39 heavy (non-hydrogen) atoms. The van der Waals surface area contributed by atoms with E-state index in [1.54, 1.807) is 61.5 Å². The molecular formula is C29H31Cl2N3O4S. The average Bonchev–Trinajstić information content (AvgIpc) is 3.44. The van der Waals surface area contributed by atoms with Crippen LogP contribution in [0, 0.1) is 0 Å². The zero-order valence-corrected chi connectivity index (χ0v) is 23.9. The first-order valence-corrected chi connectivity index (χ1v) is 15.0. The maximum Gasteiger partial charge on any atom is 0.264 e. The molecule has 0 aromatic heterocycles. The van der Waals surface area contributed by atoms with Crippen molar-refractivity contribution in [3.8, 4) is 0 Å². The summed E-state index contributed by atoms with van der Waals surface area (Å²) in [6, 6.07) is 20.5. The normalized spacial score (nSPS) is 14.5. The molecule has 1 saturated carbocycles. The van der Waals surface area contributed by atoms with Gasteiger partial charge in [-0.15, -0.1) is 0 Å². The predicted octanol–water partition coefficient (Wildman–Crippen LogP) is 5.66. The molecule has 1 aliphatic rings. The van der Waals surface area contributed by atoms with Crippen LogP contribution in [0.4, 0.5) is 5.69 Å². The molecule has 0 spiro atoms. The van der Waals surface area contributed by atoms with Gasteiger partial charge in [0, 0.05) is 22.6 Å². The molecular weight excluding hydrogens is 557 g/mol. The number of hydrogen-bond donors (Lipinski definition) is 1. The Morgan fingerprint density at radius 1 is 0.923 bits per heavy atom. The molecule has 0 saturated heterocycles. The molecule has 1 fully saturated rings. The van der Waals surface area contributed by atoms with Crippen LogP contribution in [0.1, 0.15) is 38.2 Å². The monoisotopic (exact) mass is 587 g/mol. The van der Waals surface area contributed by atoms with Crippen molar-refractivity contribution in [1.29, 1.82) is 0 Å². The molecule has 206 valence electrons. The van der Waals surface area contributed by atoms with Gasteiger partial charge in [0.2, 0.25) is 11.8 Å². The van der Waals surface area contributed by atoms with Gasteiger partial charge in [-0.3, -0.25) is 13.9 Å². The van der Waals surface area contributed by atoms with Crippen molar-refractivity contribution in [2.45, 2.75) is 56.1 Å². The molecule has 10 heteroatoms. The minimum Gasteiger partial charge on any atom is -0.352 e. The number of rotatable bonds is 10. The third kappa shape index (κ3) is 7.12. The molecule has 1 N–H and O–H groups in total. The fourth-order valence-electron chi connectivity index (χ4n) is 4.64. The average molecular weight is 589 g/mol. The molecule has 7 nitrogen and oxygen atoms in total. The van der Waals surface area contributed by atoms with Crippen LogP contribution in [0.5, 0.6) is 0 Å². The summed E-state index contributed by atoms with van der Waals surface area (Å²) in [5, 5.41) is 3.89. The fourth-order valence-corrected chi connectivity index (χ4v) is 6.38. The van der Waals surface area contributed by atoms with Crippen molar-refractivity contribution in [3.05, 3.63) is 94.5 Å². The largest absolute Gasteiger partial charge is 0.352 e. The van der Waals surface area contributed by atoms with Gasteiger partial charge in [0.15, 0.2) is 0 Å². The van der Waals surface area contributed by atoms with Crippen LogP contribution in [-0.2, 0) is 26.2 Å². The summed E-state index contributed by atoms with van der Waals surface area (Å²) in [4.78, 5) is 28.6. The molecule has 3 aromatic rings. The van der Waals surface area contributed by atoms with E-state index in [2.05, 4.69) is 5.32 Å². The maximum atomic E-state index is 13.9. The van der Waals surface area contributed by atoms with Crippen LogP contribution in [0.2, 0.25) is 10.0 Å². The summed E-state index contributed by atoms with van der Waals surface area (Å²) in [5.41, 5.74) is 0.974. The van der Waals surface area contributed by atoms with Gasteiger partial charge in [0.05, 0.1) is 10.6 Å². The number of carbonyl (C=O) groups excluding carboxylic acids is 2. The SMILES string of the molecule is CC(C(=O)NC1CCCC1)N(Cc1ccccc1Cl)C(=O)CN(c1ccccc1)S(=O)(=O)c1ccc(Cl)cc1. The van der Waals surface area contributed by atoms with Crippen molar-refractivity contribution in [1.82, 2.24) is 10.2 Å². The molecule has 2 amide bonds. The van der Waals surface area contributed by atoms with E-state index in [1.807, 2.05) is 0 Å². The summed E-state index contributed by atoms with van der Waals surface area (Å²) in [6.07, 6.45) is 3.91. The third-order valence-corrected chi connectivity index (χ3v) is 9.30. The Bertz CT molecular complexity index is 1400. The van der Waals surface area contributed by atoms with E-state index in [1.165, 1.54) is 29.2 Å². The van der Waals surface area contributed by atoms with Crippen LogP contribution < -0.4 is 9.62 Å². The molecule has 0 bridgehead atoms. The number of nitrogens with zero attached hydrogens (tertiary/aromatic N) is 2. The minimum absolute atomic E-state index is 0.00627. The van der Waals surface area contributed by atoms with E-state index >= 15 is 0 Å². The minimum atomic E-state index is -4.14. The highest BCUT2D eigenvalue weighted by Gasteiger charge is 2.33. The fraction of sp³-hybridized carbons (Fsp3) is 0.310. The Kier molecular flexibility index (Phi) is 9.53. The predicted molar refractivity (Wildman–Crippen MR) is 154 cm³/mol. The number of halogens is 2. The number of sulfonamides is 1. The highest BCUT2D eigenvalue weighted by molar-refractivity contribution is 7.92. The topological polar surface area (TPSA) is 86.8 Å². The summed E-state index contributed by atoms with van der Waals surface area (Å²) < 4.78 is 28.6. The summed E-state index contributed by atoms with van der Waals surface area (Å²) >= 11 is 12.4. The molecule has 4 rings (SSSR count). The van der Waals surface area contributed by atoms with Gasteiger partial charge in [0.25, 0.3) is 10.0 Å². The van der Waals surface area contributed by atoms with E-state index in [-0.39, 0.29) is 23.4 Å². The van der Waals surface area contributed by atoms with Crippen LogP contribution in [0.3, 0.4) is 0 Å². The molecule has 1 aliphatic carbocycles. The van der Waals surface area contributed by atoms with E-state index in [0.717, 1.165) is 30.0 Å². The van der Waals surface area contributed by atoms with E-state index in [0.29, 0.717) is 21.3 Å². The first-order chi connectivity index (χ1) is 18.7. The molecule has 1 atom stereocenters.